The van der Waals surface area contributed by atoms with Crippen molar-refractivity contribution in [2.75, 3.05) is 19.7 Å². The summed E-state index contributed by atoms with van der Waals surface area (Å²) in [7, 11) is 0. The second-order valence-corrected chi connectivity index (χ2v) is 4.81. The first-order valence-corrected chi connectivity index (χ1v) is 6.46. The van der Waals surface area contributed by atoms with Gasteiger partial charge in [0.05, 0.1) is 12.6 Å². The van der Waals surface area contributed by atoms with Gasteiger partial charge in [-0.25, -0.2) is 0 Å². The summed E-state index contributed by atoms with van der Waals surface area (Å²) >= 11 is 3.57. The molecule has 1 fully saturated rings. The van der Waals surface area contributed by atoms with Crippen LogP contribution in [-0.2, 0) is 4.84 Å². The fraction of sp³-hybridized carbons (Fsp3) is 0.500. The van der Waals surface area contributed by atoms with Gasteiger partial charge in [0.2, 0.25) is 0 Å². The van der Waals surface area contributed by atoms with Crippen molar-refractivity contribution in [1.29, 1.82) is 0 Å². The third kappa shape index (κ3) is 2.63. The highest BCUT2D eigenvalue weighted by Gasteiger charge is 2.23. The number of nitrogens with zero attached hydrogens (tertiary/aromatic N) is 1. The first-order chi connectivity index (χ1) is 7.83. The summed E-state index contributed by atoms with van der Waals surface area (Å²) in [5.74, 6) is 0. The molecule has 0 bridgehead atoms. The molecule has 2 rings (SSSR count). The quantitative estimate of drug-likeness (QED) is 0.927. The Morgan fingerprint density at radius 3 is 2.81 bits per heavy atom. The Morgan fingerprint density at radius 2 is 2.19 bits per heavy atom. The predicted molar refractivity (Wildman–Crippen MR) is 67.8 cm³/mol. The van der Waals surface area contributed by atoms with Gasteiger partial charge in [0.1, 0.15) is 0 Å². The van der Waals surface area contributed by atoms with E-state index < -0.39 is 0 Å². The van der Waals surface area contributed by atoms with E-state index in [9.17, 15) is 0 Å². The van der Waals surface area contributed by atoms with Crippen LogP contribution in [0.3, 0.4) is 0 Å². The van der Waals surface area contributed by atoms with Crippen LogP contribution in [0, 0.1) is 0 Å². The normalized spacial score (nSPS) is 19.6. The van der Waals surface area contributed by atoms with Crippen LogP contribution in [0.25, 0.3) is 0 Å². The molecule has 1 unspecified atom stereocenters. The molecule has 0 radical (unpaired) electrons. The van der Waals surface area contributed by atoms with Crippen molar-refractivity contribution in [3.63, 3.8) is 0 Å². The Labute approximate surface area is 105 Å². The molecule has 4 heteroatoms. The zero-order chi connectivity index (χ0) is 11.4. The Hall–Kier alpha value is -0.420. The van der Waals surface area contributed by atoms with Crippen LogP contribution in [0.1, 0.15) is 24.4 Å². The van der Waals surface area contributed by atoms with Crippen molar-refractivity contribution in [2.45, 2.75) is 18.9 Å². The predicted octanol–water partition coefficient (Wildman–Crippen LogP) is 2.48. The molecule has 0 aromatic heterocycles. The lowest BCUT2D eigenvalue weighted by Crippen LogP contribution is -2.37. The fourth-order valence-electron chi connectivity index (χ4n) is 2.01. The maximum absolute atomic E-state index is 5.86. The molecular weight excluding hydrogens is 268 g/mol. The van der Waals surface area contributed by atoms with Gasteiger partial charge in [-0.3, -0.25) is 4.84 Å². The minimum Gasteiger partial charge on any atom is -0.329 e. The van der Waals surface area contributed by atoms with E-state index in [0.717, 1.165) is 24.0 Å². The molecule has 1 aliphatic rings. The van der Waals surface area contributed by atoms with E-state index in [1.54, 1.807) is 0 Å². The van der Waals surface area contributed by atoms with Gasteiger partial charge in [-0.05, 0) is 24.5 Å². The molecule has 2 N–H and O–H groups in total. The third-order valence-corrected chi connectivity index (χ3v) is 3.59. The minimum atomic E-state index is 0.149. The molecule has 1 aromatic carbocycles. The third-order valence-electron chi connectivity index (χ3n) is 2.87. The summed E-state index contributed by atoms with van der Waals surface area (Å²) in [6.45, 7) is 2.34. The highest BCUT2D eigenvalue weighted by molar-refractivity contribution is 9.10. The Morgan fingerprint density at radius 1 is 1.38 bits per heavy atom. The Kier molecular flexibility index (Phi) is 4.35. The highest BCUT2D eigenvalue weighted by atomic mass is 79.9. The van der Waals surface area contributed by atoms with Crippen LogP contribution in [-0.4, -0.2) is 24.8 Å². The summed E-state index contributed by atoms with van der Waals surface area (Å²) in [6.07, 6.45) is 2.32. The summed E-state index contributed by atoms with van der Waals surface area (Å²) in [6, 6.07) is 8.34. The molecule has 1 saturated heterocycles. The number of hydrogen-bond acceptors (Lipinski definition) is 3. The van der Waals surface area contributed by atoms with Crippen molar-refractivity contribution in [1.82, 2.24) is 5.06 Å². The van der Waals surface area contributed by atoms with Crippen molar-refractivity contribution in [3.8, 4) is 0 Å². The van der Waals surface area contributed by atoms with E-state index in [-0.39, 0.29) is 6.04 Å². The highest BCUT2D eigenvalue weighted by Crippen LogP contribution is 2.28. The summed E-state index contributed by atoms with van der Waals surface area (Å²) in [5, 5.41) is 2.02. The first kappa shape index (κ1) is 12.0. The van der Waals surface area contributed by atoms with Crippen molar-refractivity contribution < 1.29 is 4.84 Å². The number of hydrogen-bond donors (Lipinski definition) is 1. The largest absolute Gasteiger partial charge is 0.329 e. The zero-order valence-corrected chi connectivity index (χ0v) is 10.8. The molecule has 0 saturated carbocycles. The van der Waals surface area contributed by atoms with Crippen LogP contribution >= 0.6 is 15.9 Å². The maximum atomic E-state index is 5.86. The van der Waals surface area contributed by atoms with Crippen molar-refractivity contribution in [2.24, 2.45) is 5.73 Å². The van der Waals surface area contributed by atoms with E-state index >= 15 is 0 Å². The van der Waals surface area contributed by atoms with Gasteiger partial charge in [-0.15, -0.1) is 0 Å². The molecule has 1 heterocycles. The van der Waals surface area contributed by atoms with E-state index in [4.69, 9.17) is 10.6 Å². The van der Waals surface area contributed by atoms with Crippen LogP contribution in [0.5, 0.6) is 0 Å². The molecule has 0 aliphatic carbocycles. The Bertz CT molecular complexity index is 340. The monoisotopic (exact) mass is 284 g/mol. The topological polar surface area (TPSA) is 38.5 Å². The lowest BCUT2D eigenvalue weighted by molar-refractivity contribution is -0.206. The molecule has 1 aromatic rings. The first-order valence-electron chi connectivity index (χ1n) is 5.67. The number of benzene rings is 1. The molecule has 1 aliphatic heterocycles. The number of rotatable bonds is 3. The molecular formula is C12H17BrN2O. The van der Waals surface area contributed by atoms with Crippen LogP contribution in [0.4, 0.5) is 0 Å². The van der Waals surface area contributed by atoms with Crippen LogP contribution in [0.2, 0.25) is 0 Å². The lowest BCUT2D eigenvalue weighted by atomic mass is 10.1. The second-order valence-electron chi connectivity index (χ2n) is 3.95. The molecule has 88 valence electrons. The van der Waals surface area contributed by atoms with Gasteiger partial charge in [-0.2, -0.15) is 5.06 Å². The SMILES string of the molecule is NCC(c1ccccc1Br)N1CCCCO1. The molecule has 0 amide bonds. The lowest BCUT2D eigenvalue weighted by Gasteiger charge is -2.33. The van der Waals surface area contributed by atoms with E-state index in [1.807, 2.05) is 23.3 Å². The summed E-state index contributed by atoms with van der Waals surface area (Å²) in [5.41, 5.74) is 7.06. The van der Waals surface area contributed by atoms with Crippen LogP contribution < -0.4 is 5.73 Å². The van der Waals surface area contributed by atoms with Gasteiger partial charge in [0.15, 0.2) is 0 Å². The van der Waals surface area contributed by atoms with Gasteiger partial charge < -0.3 is 5.73 Å². The van der Waals surface area contributed by atoms with E-state index in [2.05, 4.69) is 22.0 Å². The average Bonchev–Trinajstić information content (AvgIpc) is 2.34. The fourth-order valence-corrected chi connectivity index (χ4v) is 2.56. The molecule has 0 spiro atoms. The number of halogens is 1. The van der Waals surface area contributed by atoms with Crippen LogP contribution in [0.15, 0.2) is 28.7 Å². The summed E-state index contributed by atoms with van der Waals surface area (Å²) < 4.78 is 1.10. The maximum Gasteiger partial charge on any atom is 0.0735 e. The molecule has 1 atom stereocenters. The summed E-state index contributed by atoms with van der Waals surface area (Å²) in [4.78, 5) is 5.67. The minimum absolute atomic E-state index is 0.149. The van der Waals surface area contributed by atoms with Gasteiger partial charge in [0.25, 0.3) is 0 Å². The van der Waals surface area contributed by atoms with Gasteiger partial charge in [-0.1, -0.05) is 34.1 Å². The van der Waals surface area contributed by atoms with Gasteiger partial charge in [0, 0.05) is 17.6 Å². The van der Waals surface area contributed by atoms with Crippen molar-refractivity contribution >= 4 is 15.9 Å². The Balaban J connectivity index is 2.18. The zero-order valence-electron chi connectivity index (χ0n) is 9.23. The van der Waals surface area contributed by atoms with E-state index in [1.165, 1.54) is 12.0 Å². The smallest absolute Gasteiger partial charge is 0.0735 e. The number of hydroxylamine groups is 2. The van der Waals surface area contributed by atoms with Crippen molar-refractivity contribution in [3.05, 3.63) is 34.3 Å². The second kappa shape index (κ2) is 5.77. The van der Waals surface area contributed by atoms with E-state index in [0.29, 0.717) is 6.54 Å². The standard InChI is InChI=1S/C12H17BrN2O/c13-11-6-2-1-5-10(11)12(9-14)15-7-3-4-8-16-15/h1-2,5-6,12H,3-4,7-9,14H2. The van der Waals surface area contributed by atoms with Gasteiger partial charge >= 0.3 is 0 Å². The number of nitrogens with two attached hydrogens (primary N) is 1. The average molecular weight is 285 g/mol. The molecule has 3 nitrogen and oxygen atoms in total. The molecule has 16 heavy (non-hydrogen) atoms.